The number of anilines is 2. The quantitative estimate of drug-likeness (QED) is 0.0358. The summed E-state index contributed by atoms with van der Waals surface area (Å²) in [6.07, 6.45) is 3.52. The van der Waals surface area contributed by atoms with Crippen molar-refractivity contribution in [3.05, 3.63) is 130 Å². The van der Waals surface area contributed by atoms with Crippen molar-refractivity contribution < 1.29 is 46.5 Å². The Balaban J connectivity index is 0.847. The van der Waals surface area contributed by atoms with Gasteiger partial charge in [0.25, 0.3) is 0 Å². The molecule has 418 valence electrons. The number of aliphatic hydroxyl groups excluding tert-OH is 1. The summed E-state index contributed by atoms with van der Waals surface area (Å²) in [5, 5.41) is 37.2. The fourth-order valence-corrected chi connectivity index (χ4v) is 12.5. The van der Waals surface area contributed by atoms with Gasteiger partial charge in [-0.15, -0.1) is 16.4 Å². The molecule has 11 rings (SSSR count). The third-order valence-electron chi connectivity index (χ3n) is 15.2. The molecule has 3 saturated heterocycles. The van der Waals surface area contributed by atoms with Crippen LogP contribution in [-0.2, 0) is 20.9 Å². The number of halogens is 5. The molecule has 23 heteroatoms. The Labute approximate surface area is 471 Å². The lowest BCUT2D eigenvalue weighted by Crippen LogP contribution is -2.50. The summed E-state index contributed by atoms with van der Waals surface area (Å²) >= 11 is 8.31. The normalized spacial score (nSPS) is 17.6. The second-order valence-electron chi connectivity index (χ2n) is 20.6. The average molecular weight is 1140 g/mol. The Kier molecular flexibility index (Phi) is 15.5. The molecule has 17 nitrogen and oxygen atoms in total. The van der Waals surface area contributed by atoms with E-state index >= 15 is 4.39 Å². The van der Waals surface area contributed by atoms with Crippen molar-refractivity contribution in [2.75, 3.05) is 57.2 Å². The van der Waals surface area contributed by atoms with Crippen LogP contribution >= 0.6 is 22.9 Å². The van der Waals surface area contributed by atoms with Crippen LogP contribution in [0.4, 0.5) is 28.4 Å². The van der Waals surface area contributed by atoms with E-state index in [1.54, 1.807) is 25.4 Å². The van der Waals surface area contributed by atoms with Crippen LogP contribution in [-0.4, -0.2) is 111 Å². The van der Waals surface area contributed by atoms with Gasteiger partial charge in [-0.2, -0.15) is 15.2 Å². The third-order valence-corrected chi connectivity index (χ3v) is 16.5. The monoisotopic (exact) mass is 1140 g/mol. The van der Waals surface area contributed by atoms with E-state index in [-0.39, 0.29) is 81.3 Å². The van der Waals surface area contributed by atoms with E-state index in [0.29, 0.717) is 82.1 Å². The molecule has 3 aromatic heterocycles. The molecule has 5 atom stereocenters. The number of likely N-dealkylation sites (tertiary alicyclic amines) is 1. The lowest BCUT2D eigenvalue weighted by atomic mass is 9.96. The fourth-order valence-electron chi connectivity index (χ4n) is 11.2. The smallest absolute Gasteiger partial charge is 0.319 e. The first-order valence-electron chi connectivity index (χ1n) is 26.3. The highest BCUT2D eigenvalue weighted by molar-refractivity contribution is 7.23. The molecule has 2 amide bonds. The number of hydrogen-bond donors (Lipinski definition) is 4. The third kappa shape index (κ3) is 10.4. The standard InChI is InChI=1S/C58H54ClF4N11O6S/c1-29(2)51(57(77)72-18-4-5-45(72)56(76)67-44(27-75)32-10-12-33(13-11-32)46-40(60)16-17-41(61)49(46)63)74-26-43(70-71-74)31-8-6-30(7-9-31)28-80-52-48(36-14-15-42(62)53-47(36)38(23-64)54(65)81-53)39(59)22-37-50(52)68-58(79-20-19-78-3)69-55(37)73-25-34-21-35(73)24-66-34/h6-17,22,26,29,34-35,44-45,51,66,75H,4-5,18-21,24-25,27-28,65H2,1-3H3,(H,67,76)/t34-,35-,44-,45-,51-/m0/s1. The number of carbonyl (C=O) groups is 2. The van der Waals surface area contributed by atoms with Crippen molar-refractivity contribution in [1.29, 1.82) is 5.26 Å². The van der Waals surface area contributed by atoms with E-state index in [4.69, 9.17) is 41.5 Å². The van der Waals surface area contributed by atoms with Gasteiger partial charge in [0.15, 0.2) is 17.4 Å². The molecule has 3 aliphatic rings. The molecule has 5 aromatic carbocycles. The average Bonchev–Trinajstić information content (AvgIpc) is 4.29. The number of aliphatic hydroxyl groups is 1. The van der Waals surface area contributed by atoms with Crippen LogP contribution in [0.1, 0.15) is 61.9 Å². The van der Waals surface area contributed by atoms with Crippen LogP contribution in [0.3, 0.4) is 0 Å². The van der Waals surface area contributed by atoms with Crippen molar-refractivity contribution >= 4 is 66.6 Å². The van der Waals surface area contributed by atoms with Crippen LogP contribution in [0.25, 0.3) is 54.5 Å². The first-order chi connectivity index (χ1) is 39.1. The number of nitrogen functional groups attached to an aromatic ring is 1. The molecule has 6 heterocycles. The van der Waals surface area contributed by atoms with Crippen LogP contribution in [0, 0.1) is 40.5 Å². The molecule has 0 unspecified atom stereocenters. The summed E-state index contributed by atoms with van der Waals surface area (Å²) in [6.45, 7) is 5.44. The van der Waals surface area contributed by atoms with E-state index in [9.17, 15) is 33.1 Å². The van der Waals surface area contributed by atoms with Crippen molar-refractivity contribution in [2.24, 2.45) is 5.92 Å². The molecule has 0 aliphatic carbocycles. The van der Waals surface area contributed by atoms with Crippen molar-refractivity contribution in [3.63, 3.8) is 0 Å². The van der Waals surface area contributed by atoms with E-state index < -0.39 is 59.5 Å². The highest BCUT2D eigenvalue weighted by atomic mass is 35.5. The molecule has 3 fully saturated rings. The van der Waals surface area contributed by atoms with E-state index in [0.717, 1.165) is 35.9 Å². The second kappa shape index (κ2) is 22.9. The number of carbonyl (C=O) groups excluding carboxylic acids is 2. The number of thiophene rings is 1. The summed E-state index contributed by atoms with van der Waals surface area (Å²) in [6, 6.07) is 19.3. The zero-order chi connectivity index (χ0) is 56.8. The Bertz CT molecular complexity index is 3770. The summed E-state index contributed by atoms with van der Waals surface area (Å²) in [5.74, 6) is -4.28. The van der Waals surface area contributed by atoms with Gasteiger partial charge in [0, 0.05) is 60.7 Å². The summed E-state index contributed by atoms with van der Waals surface area (Å²) in [4.78, 5) is 42.0. The van der Waals surface area contributed by atoms with Crippen LogP contribution in [0.5, 0.6) is 11.8 Å². The minimum Gasteiger partial charge on any atom is -0.486 e. The van der Waals surface area contributed by atoms with Gasteiger partial charge in [0.2, 0.25) is 11.8 Å². The predicted molar refractivity (Wildman–Crippen MR) is 297 cm³/mol. The van der Waals surface area contributed by atoms with Crippen LogP contribution in [0.2, 0.25) is 5.02 Å². The van der Waals surface area contributed by atoms with Crippen molar-refractivity contribution in [3.8, 4) is 51.3 Å². The Morgan fingerprint density at radius 2 is 1.73 bits per heavy atom. The summed E-state index contributed by atoms with van der Waals surface area (Å²) in [7, 11) is 1.57. The molecule has 0 radical (unpaired) electrons. The number of piperazine rings is 1. The number of nitriles is 1. The number of benzene rings is 5. The minimum atomic E-state index is -1.33. The second-order valence-corrected chi connectivity index (χ2v) is 22.0. The number of nitrogens with zero attached hydrogens (tertiary/aromatic N) is 8. The van der Waals surface area contributed by atoms with Gasteiger partial charge in [0.1, 0.15) is 65.0 Å². The molecule has 3 aliphatic heterocycles. The van der Waals surface area contributed by atoms with Gasteiger partial charge in [0.05, 0.1) is 46.3 Å². The summed E-state index contributed by atoms with van der Waals surface area (Å²) < 4.78 is 78.4. The maximum absolute atomic E-state index is 15.5. The number of nitrogens with two attached hydrogens (primary N) is 1. The first kappa shape index (κ1) is 55.0. The number of rotatable bonds is 18. The zero-order valence-electron chi connectivity index (χ0n) is 44.1. The zero-order valence-corrected chi connectivity index (χ0v) is 45.6. The van der Waals surface area contributed by atoms with E-state index in [1.165, 1.54) is 39.9 Å². The number of ether oxygens (including phenoxy) is 3. The van der Waals surface area contributed by atoms with Gasteiger partial charge in [-0.25, -0.2) is 22.2 Å². The topological polar surface area (TPSA) is 219 Å². The summed E-state index contributed by atoms with van der Waals surface area (Å²) in [5.41, 5.74) is 9.42. The first-order valence-corrected chi connectivity index (χ1v) is 27.5. The predicted octanol–water partition coefficient (Wildman–Crippen LogP) is 9.29. The van der Waals surface area contributed by atoms with E-state index in [1.807, 2.05) is 38.1 Å². The number of methoxy groups -OCH3 is 1. The Morgan fingerprint density at radius 3 is 2.43 bits per heavy atom. The molecule has 0 saturated carbocycles. The van der Waals surface area contributed by atoms with Gasteiger partial charge in [-0.05, 0) is 71.7 Å². The fraction of sp³-hybridized carbons (Fsp3) is 0.328. The van der Waals surface area contributed by atoms with Gasteiger partial charge < -0.3 is 45.5 Å². The molecule has 81 heavy (non-hydrogen) atoms. The lowest BCUT2D eigenvalue weighted by Gasteiger charge is -2.30. The SMILES string of the molecule is COCCOc1nc(N2C[C@@H]3C[C@H]2CN3)c2cc(Cl)c(-c3ccc(F)c4sc(N)c(C#N)c34)c(OCc3ccc(-c4cn([C@H](C(=O)N5CCC[C@H]5C(=O)N[C@@H](CO)c5ccc(-c6c(F)ccc(F)c6F)cc5)C(C)C)nn4)cc3)c2n1. The Hall–Kier alpha value is -7.94. The maximum Gasteiger partial charge on any atom is 0.319 e. The van der Waals surface area contributed by atoms with Gasteiger partial charge >= 0.3 is 6.01 Å². The van der Waals surface area contributed by atoms with Crippen LogP contribution in [0.15, 0.2) is 85.1 Å². The number of nitrogens with one attached hydrogen (secondary N) is 2. The van der Waals surface area contributed by atoms with Crippen molar-refractivity contribution in [2.45, 2.75) is 69.9 Å². The number of fused-ring (bicyclic) bond motifs is 4. The maximum atomic E-state index is 15.5. The Morgan fingerprint density at radius 1 is 0.975 bits per heavy atom. The van der Waals surface area contributed by atoms with Crippen molar-refractivity contribution in [1.82, 2.24) is 40.5 Å². The molecule has 8 aromatic rings. The molecular weight excluding hydrogens is 1090 g/mol. The van der Waals surface area contributed by atoms with Gasteiger partial charge in [-0.3, -0.25) is 9.59 Å². The number of amides is 2. The minimum absolute atomic E-state index is 0.00693. The van der Waals surface area contributed by atoms with E-state index in [2.05, 4.69) is 31.9 Å². The van der Waals surface area contributed by atoms with Crippen LogP contribution < -0.4 is 30.7 Å². The highest BCUT2D eigenvalue weighted by Crippen LogP contribution is 2.50. The lowest BCUT2D eigenvalue weighted by molar-refractivity contribution is -0.142. The molecule has 2 bridgehead atoms. The molecular formula is C58H54ClF4N11O6S. The molecule has 5 N–H and O–H groups in total. The molecule has 0 spiro atoms. The number of hydrogen-bond acceptors (Lipinski definition) is 15. The number of aromatic nitrogens is 5. The van der Waals surface area contributed by atoms with Gasteiger partial charge in [-0.1, -0.05) is 85.3 Å². The highest BCUT2D eigenvalue weighted by Gasteiger charge is 2.42. The largest absolute Gasteiger partial charge is 0.486 e.